The van der Waals surface area contributed by atoms with Crippen LogP contribution in [0.15, 0.2) is 42.6 Å². The van der Waals surface area contributed by atoms with Gasteiger partial charge in [0, 0.05) is 29.7 Å². The number of aromatic nitrogens is 2. The fourth-order valence-corrected chi connectivity index (χ4v) is 2.12. The lowest BCUT2D eigenvalue weighted by Crippen LogP contribution is -1.97. The fourth-order valence-electron chi connectivity index (χ4n) is 2.12. The van der Waals surface area contributed by atoms with Crippen LogP contribution in [0.25, 0.3) is 22.3 Å². The largest absolute Gasteiger partial charge is 0.497 e. The standard InChI is InChI=1S/C15H15N3O/c1-19-12-3-2-11-7-15(18-13(11)8-12)14-6-10(9-16)4-5-17-14/h2-8,18H,9,16H2,1H3. The van der Waals surface area contributed by atoms with Crippen molar-refractivity contribution in [2.24, 2.45) is 5.73 Å². The van der Waals surface area contributed by atoms with Crippen LogP contribution in [0.1, 0.15) is 5.56 Å². The Balaban J connectivity index is 2.09. The third kappa shape index (κ3) is 2.18. The van der Waals surface area contributed by atoms with Crippen LogP contribution in [0.4, 0.5) is 0 Å². The molecule has 3 N–H and O–H groups in total. The van der Waals surface area contributed by atoms with E-state index in [0.717, 1.165) is 33.6 Å². The molecule has 3 aromatic rings. The number of nitrogens with two attached hydrogens (primary N) is 1. The predicted molar refractivity (Wildman–Crippen MR) is 76.0 cm³/mol. The van der Waals surface area contributed by atoms with E-state index in [1.807, 2.05) is 30.3 Å². The highest BCUT2D eigenvalue weighted by atomic mass is 16.5. The second-order valence-corrected chi connectivity index (χ2v) is 4.39. The maximum atomic E-state index is 5.66. The van der Waals surface area contributed by atoms with E-state index in [1.54, 1.807) is 13.3 Å². The minimum absolute atomic E-state index is 0.517. The number of H-pyrrole nitrogens is 1. The topological polar surface area (TPSA) is 63.9 Å². The zero-order valence-corrected chi connectivity index (χ0v) is 10.7. The number of ether oxygens (including phenoxy) is 1. The van der Waals surface area contributed by atoms with Gasteiger partial charge in [-0.3, -0.25) is 4.98 Å². The molecule has 0 aliphatic rings. The van der Waals surface area contributed by atoms with E-state index in [1.165, 1.54) is 0 Å². The molecule has 0 aliphatic heterocycles. The smallest absolute Gasteiger partial charge is 0.120 e. The van der Waals surface area contributed by atoms with Crippen molar-refractivity contribution in [2.45, 2.75) is 6.54 Å². The molecule has 0 amide bonds. The summed E-state index contributed by atoms with van der Waals surface area (Å²) in [5.74, 6) is 0.838. The number of rotatable bonds is 3. The van der Waals surface area contributed by atoms with E-state index in [4.69, 9.17) is 10.5 Å². The van der Waals surface area contributed by atoms with Crippen LogP contribution in [-0.2, 0) is 6.54 Å². The molecular weight excluding hydrogens is 238 g/mol. The van der Waals surface area contributed by atoms with Gasteiger partial charge in [0.1, 0.15) is 5.75 Å². The van der Waals surface area contributed by atoms with Crippen molar-refractivity contribution in [2.75, 3.05) is 7.11 Å². The summed E-state index contributed by atoms with van der Waals surface area (Å²) in [5.41, 5.74) is 9.65. The molecule has 0 bridgehead atoms. The molecule has 4 heteroatoms. The number of fused-ring (bicyclic) bond motifs is 1. The fraction of sp³-hybridized carbons (Fsp3) is 0.133. The van der Waals surface area contributed by atoms with E-state index in [9.17, 15) is 0 Å². The first-order valence-corrected chi connectivity index (χ1v) is 6.12. The molecular formula is C15H15N3O. The van der Waals surface area contributed by atoms with Crippen molar-refractivity contribution in [3.05, 3.63) is 48.2 Å². The van der Waals surface area contributed by atoms with Gasteiger partial charge in [0.15, 0.2) is 0 Å². The van der Waals surface area contributed by atoms with Crippen molar-refractivity contribution < 1.29 is 4.74 Å². The van der Waals surface area contributed by atoms with E-state index < -0.39 is 0 Å². The Morgan fingerprint density at radius 1 is 1.21 bits per heavy atom. The SMILES string of the molecule is COc1ccc2cc(-c3cc(CN)ccn3)[nH]c2c1. The zero-order chi connectivity index (χ0) is 13.2. The van der Waals surface area contributed by atoms with E-state index in [2.05, 4.69) is 16.0 Å². The second-order valence-electron chi connectivity index (χ2n) is 4.39. The lowest BCUT2D eigenvalue weighted by Gasteiger charge is -2.00. The number of nitrogens with one attached hydrogen (secondary N) is 1. The van der Waals surface area contributed by atoms with E-state index in [0.29, 0.717) is 6.54 Å². The van der Waals surface area contributed by atoms with E-state index in [-0.39, 0.29) is 0 Å². The lowest BCUT2D eigenvalue weighted by atomic mass is 10.2. The minimum atomic E-state index is 0.517. The summed E-state index contributed by atoms with van der Waals surface area (Å²) < 4.78 is 5.22. The Bertz CT molecular complexity index is 718. The molecule has 0 aliphatic carbocycles. The van der Waals surface area contributed by atoms with E-state index >= 15 is 0 Å². The van der Waals surface area contributed by atoms with Crippen molar-refractivity contribution in [1.29, 1.82) is 0 Å². The number of benzene rings is 1. The summed E-state index contributed by atoms with van der Waals surface area (Å²) in [6.45, 7) is 0.517. The maximum absolute atomic E-state index is 5.66. The highest BCUT2D eigenvalue weighted by Crippen LogP contribution is 2.26. The molecule has 0 fully saturated rings. The van der Waals surface area contributed by atoms with Crippen LogP contribution >= 0.6 is 0 Å². The normalized spacial score (nSPS) is 10.8. The molecule has 0 saturated carbocycles. The number of hydrogen-bond acceptors (Lipinski definition) is 3. The van der Waals surface area contributed by atoms with Crippen LogP contribution < -0.4 is 10.5 Å². The molecule has 96 valence electrons. The van der Waals surface area contributed by atoms with Crippen molar-refractivity contribution in [3.8, 4) is 17.1 Å². The first-order valence-electron chi connectivity index (χ1n) is 6.12. The zero-order valence-electron chi connectivity index (χ0n) is 10.7. The molecule has 1 aromatic carbocycles. The Morgan fingerprint density at radius 3 is 2.89 bits per heavy atom. The average Bonchev–Trinajstić information content (AvgIpc) is 2.90. The van der Waals surface area contributed by atoms with Crippen molar-refractivity contribution in [3.63, 3.8) is 0 Å². The van der Waals surface area contributed by atoms with Gasteiger partial charge in [-0.05, 0) is 35.9 Å². The highest BCUT2D eigenvalue weighted by Gasteiger charge is 2.06. The van der Waals surface area contributed by atoms with Crippen molar-refractivity contribution >= 4 is 10.9 Å². The van der Waals surface area contributed by atoms with Gasteiger partial charge in [-0.2, -0.15) is 0 Å². The molecule has 4 nitrogen and oxygen atoms in total. The summed E-state index contributed by atoms with van der Waals surface area (Å²) in [6, 6.07) is 12.0. The first-order chi connectivity index (χ1) is 9.30. The molecule has 0 saturated heterocycles. The van der Waals surface area contributed by atoms with Gasteiger partial charge in [0.25, 0.3) is 0 Å². The molecule has 2 aromatic heterocycles. The van der Waals surface area contributed by atoms with Crippen LogP contribution in [0.2, 0.25) is 0 Å². The van der Waals surface area contributed by atoms with Crippen LogP contribution in [0, 0.1) is 0 Å². The number of methoxy groups -OCH3 is 1. The van der Waals surface area contributed by atoms with Crippen LogP contribution in [-0.4, -0.2) is 17.1 Å². The summed E-state index contributed by atoms with van der Waals surface area (Å²) in [5, 5.41) is 1.13. The highest BCUT2D eigenvalue weighted by molar-refractivity contribution is 5.86. The third-order valence-corrected chi connectivity index (χ3v) is 3.17. The summed E-state index contributed by atoms with van der Waals surface area (Å²) in [4.78, 5) is 7.73. The third-order valence-electron chi connectivity index (χ3n) is 3.17. The van der Waals surface area contributed by atoms with Crippen LogP contribution in [0.3, 0.4) is 0 Å². The Morgan fingerprint density at radius 2 is 2.11 bits per heavy atom. The van der Waals surface area contributed by atoms with Gasteiger partial charge >= 0.3 is 0 Å². The quantitative estimate of drug-likeness (QED) is 0.754. The summed E-state index contributed by atoms with van der Waals surface area (Å²) >= 11 is 0. The first kappa shape index (κ1) is 11.7. The van der Waals surface area contributed by atoms with Gasteiger partial charge in [0.05, 0.1) is 18.5 Å². The number of hydrogen-bond donors (Lipinski definition) is 2. The second kappa shape index (κ2) is 4.74. The summed E-state index contributed by atoms with van der Waals surface area (Å²) in [6.07, 6.45) is 1.78. The molecule has 0 atom stereocenters. The van der Waals surface area contributed by atoms with Gasteiger partial charge in [-0.1, -0.05) is 0 Å². The molecule has 3 rings (SSSR count). The van der Waals surface area contributed by atoms with Crippen molar-refractivity contribution in [1.82, 2.24) is 9.97 Å². The number of aromatic amines is 1. The molecule has 19 heavy (non-hydrogen) atoms. The van der Waals surface area contributed by atoms with Gasteiger partial charge in [-0.15, -0.1) is 0 Å². The average molecular weight is 253 g/mol. The Hall–Kier alpha value is -2.33. The summed E-state index contributed by atoms with van der Waals surface area (Å²) in [7, 11) is 1.66. The van der Waals surface area contributed by atoms with Crippen LogP contribution in [0.5, 0.6) is 5.75 Å². The van der Waals surface area contributed by atoms with Gasteiger partial charge in [0.2, 0.25) is 0 Å². The Labute approximate surface area is 111 Å². The van der Waals surface area contributed by atoms with Gasteiger partial charge < -0.3 is 15.5 Å². The lowest BCUT2D eigenvalue weighted by molar-refractivity contribution is 0.415. The number of pyridine rings is 1. The molecule has 0 unspecified atom stereocenters. The van der Waals surface area contributed by atoms with Gasteiger partial charge in [-0.25, -0.2) is 0 Å². The predicted octanol–water partition coefficient (Wildman–Crippen LogP) is 2.70. The molecule has 0 spiro atoms. The maximum Gasteiger partial charge on any atom is 0.120 e. The minimum Gasteiger partial charge on any atom is -0.497 e. The number of nitrogens with zero attached hydrogens (tertiary/aromatic N) is 1. The molecule has 2 heterocycles. The monoisotopic (exact) mass is 253 g/mol. The Kier molecular flexibility index (Phi) is 2.93. The molecule has 0 radical (unpaired) electrons.